The van der Waals surface area contributed by atoms with E-state index in [-0.39, 0.29) is 18.4 Å². The van der Waals surface area contributed by atoms with Gasteiger partial charge in [0.25, 0.3) is 0 Å². The van der Waals surface area contributed by atoms with Gasteiger partial charge in [-0.25, -0.2) is 4.98 Å². The summed E-state index contributed by atoms with van der Waals surface area (Å²) < 4.78 is 2.28. The van der Waals surface area contributed by atoms with Gasteiger partial charge in [-0.05, 0) is 67.8 Å². The lowest BCUT2D eigenvalue weighted by molar-refractivity contribution is -0.145. The Balaban J connectivity index is 0.00000387. The molecule has 1 aliphatic heterocycles. The van der Waals surface area contributed by atoms with Crippen LogP contribution in [0.5, 0.6) is 0 Å². The molecule has 1 aliphatic rings. The molecular weight excluding hydrogens is 530 g/mol. The summed E-state index contributed by atoms with van der Waals surface area (Å²) in [5.41, 5.74) is 4.12. The van der Waals surface area contributed by atoms with Crippen molar-refractivity contribution in [2.24, 2.45) is 5.92 Å². The predicted molar refractivity (Wildman–Crippen MR) is 168 cm³/mol. The molecule has 0 spiro atoms. The van der Waals surface area contributed by atoms with Gasteiger partial charge in [-0.2, -0.15) is 0 Å². The smallest absolute Gasteiger partial charge is 0.320 e. The highest BCUT2D eigenvalue weighted by atomic mass is 35.5. The number of likely N-dealkylation sites (tertiary alicyclic amines) is 1. The molecule has 0 amide bonds. The van der Waals surface area contributed by atoms with E-state index in [0.717, 1.165) is 63.7 Å². The number of aromatic nitrogens is 2. The highest BCUT2D eigenvalue weighted by molar-refractivity contribution is 5.85. The Kier molecular flexibility index (Phi) is 10.8. The number of rotatable bonds is 12. The number of imidazole rings is 1. The van der Waals surface area contributed by atoms with Crippen molar-refractivity contribution in [2.45, 2.75) is 63.5 Å². The van der Waals surface area contributed by atoms with Gasteiger partial charge >= 0.3 is 5.97 Å². The van der Waals surface area contributed by atoms with Gasteiger partial charge in [0.15, 0.2) is 0 Å². The van der Waals surface area contributed by atoms with Gasteiger partial charge < -0.3 is 9.67 Å². The number of piperidine rings is 1. The number of hydrogen-bond acceptors (Lipinski definition) is 3. The number of unbranched alkanes of at least 4 members (excludes halogenated alkanes) is 2. The Morgan fingerprint density at radius 1 is 0.878 bits per heavy atom. The third-order valence-electron chi connectivity index (χ3n) is 8.66. The Morgan fingerprint density at radius 3 is 1.95 bits per heavy atom. The van der Waals surface area contributed by atoms with Crippen molar-refractivity contribution in [3.05, 3.63) is 126 Å². The molecule has 2 heterocycles. The van der Waals surface area contributed by atoms with Gasteiger partial charge in [0.1, 0.15) is 11.6 Å². The van der Waals surface area contributed by atoms with Crippen molar-refractivity contribution in [3.8, 4) is 0 Å². The molecule has 4 aromatic rings. The second kappa shape index (κ2) is 14.5. The molecule has 1 aromatic heterocycles. The number of nitrogens with zero attached hydrogens (tertiary/aromatic N) is 3. The highest BCUT2D eigenvalue weighted by Crippen LogP contribution is 2.40. The van der Waals surface area contributed by atoms with E-state index in [1.54, 1.807) is 0 Å². The number of carbonyl (C=O) groups is 1. The van der Waals surface area contributed by atoms with Crippen LogP contribution in [-0.4, -0.2) is 44.7 Å². The fourth-order valence-corrected chi connectivity index (χ4v) is 6.44. The van der Waals surface area contributed by atoms with Crippen molar-refractivity contribution in [3.63, 3.8) is 0 Å². The van der Waals surface area contributed by atoms with E-state index in [1.807, 2.05) is 6.33 Å². The first-order chi connectivity index (χ1) is 19.6. The van der Waals surface area contributed by atoms with Crippen molar-refractivity contribution < 1.29 is 9.90 Å². The molecule has 2 unspecified atom stereocenters. The number of aryl methyl sites for hydroxylation is 1. The van der Waals surface area contributed by atoms with Crippen molar-refractivity contribution >= 4 is 18.4 Å². The van der Waals surface area contributed by atoms with Gasteiger partial charge in [0, 0.05) is 6.20 Å². The lowest BCUT2D eigenvalue weighted by atomic mass is 9.77. The number of carboxylic acids is 1. The van der Waals surface area contributed by atoms with E-state index in [2.05, 4.69) is 114 Å². The molecule has 5 nitrogen and oxygen atoms in total. The monoisotopic (exact) mass is 571 g/mol. The zero-order valence-corrected chi connectivity index (χ0v) is 24.8. The minimum atomic E-state index is -0.664. The van der Waals surface area contributed by atoms with E-state index >= 15 is 0 Å². The first-order valence-electron chi connectivity index (χ1n) is 14.8. The van der Waals surface area contributed by atoms with Crippen LogP contribution >= 0.6 is 12.4 Å². The van der Waals surface area contributed by atoms with Gasteiger partial charge in [0.2, 0.25) is 0 Å². The molecule has 0 aliphatic carbocycles. The van der Waals surface area contributed by atoms with Gasteiger partial charge in [-0.1, -0.05) is 111 Å². The van der Waals surface area contributed by atoms with Crippen LogP contribution in [0.4, 0.5) is 0 Å². The topological polar surface area (TPSA) is 58.4 Å². The van der Waals surface area contributed by atoms with Crippen LogP contribution in [0.3, 0.4) is 0 Å². The Labute approximate surface area is 250 Å². The fourth-order valence-electron chi connectivity index (χ4n) is 6.44. The zero-order valence-electron chi connectivity index (χ0n) is 23.9. The van der Waals surface area contributed by atoms with E-state index in [4.69, 9.17) is 4.98 Å². The number of aliphatic carboxylic acids is 1. The van der Waals surface area contributed by atoms with E-state index in [9.17, 15) is 9.90 Å². The third kappa shape index (κ3) is 6.74. The van der Waals surface area contributed by atoms with Crippen LogP contribution in [0, 0.1) is 5.92 Å². The second-order valence-electron chi connectivity index (χ2n) is 11.1. The number of halogens is 1. The summed E-state index contributed by atoms with van der Waals surface area (Å²) in [6, 6.07) is 31.7. The van der Waals surface area contributed by atoms with E-state index < -0.39 is 11.5 Å². The molecule has 6 heteroatoms. The molecule has 1 saturated heterocycles. The predicted octanol–water partition coefficient (Wildman–Crippen LogP) is 7.43. The third-order valence-corrected chi connectivity index (χ3v) is 8.66. The summed E-state index contributed by atoms with van der Waals surface area (Å²) in [5, 5.41) is 9.74. The summed E-state index contributed by atoms with van der Waals surface area (Å²) in [4.78, 5) is 18.9. The Hall–Kier alpha value is -3.41. The molecule has 0 bridgehead atoms. The standard InChI is InChI=1S/C35H41N3O2.ClH/c1-2-28-22-24-37(33(25-28)34(39)40)23-14-6-13-21-32-26-38(27-36-32)35(29-15-7-3-8-16-29,30-17-9-4-10-18-30)31-19-11-5-12-20-31;/h3-5,7-12,15-20,26-28,33H,2,6,13-14,21-25H2,1H3,(H,39,40);1H. The van der Waals surface area contributed by atoms with Crippen molar-refractivity contribution in [1.82, 2.24) is 14.5 Å². The maximum atomic E-state index is 11.8. The minimum Gasteiger partial charge on any atom is -0.480 e. The quantitative estimate of drug-likeness (QED) is 0.142. The summed E-state index contributed by atoms with van der Waals surface area (Å²) in [5.74, 6) is -0.121. The van der Waals surface area contributed by atoms with Crippen LogP contribution in [0.15, 0.2) is 104 Å². The van der Waals surface area contributed by atoms with Gasteiger partial charge in [-0.3, -0.25) is 9.69 Å². The average Bonchev–Trinajstić information content (AvgIpc) is 3.48. The largest absolute Gasteiger partial charge is 0.480 e. The molecule has 5 rings (SSSR count). The average molecular weight is 572 g/mol. The van der Waals surface area contributed by atoms with Crippen LogP contribution in [0.1, 0.15) is 67.8 Å². The van der Waals surface area contributed by atoms with E-state index in [1.165, 1.54) is 16.7 Å². The van der Waals surface area contributed by atoms with E-state index in [0.29, 0.717) is 5.92 Å². The van der Waals surface area contributed by atoms with Crippen LogP contribution in [0.25, 0.3) is 0 Å². The lowest BCUT2D eigenvalue weighted by Crippen LogP contribution is -2.47. The van der Waals surface area contributed by atoms with Gasteiger partial charge in [0.05, 0.1) is 12.0 Å². The lowest BCUT2D eigenvalue weighted by Gasteiger charge is -2.37. The molecule has 1 N–H and O–H groups in total. The zero-order chi connectivity index (χ0) is 27.8. The van der Waals surface area contributed by atoms with Crippen LogP contribution in [0.2, 0.25) is 0 Å². The summed E-state index contributed by atoms with van der Waals surface area (Å²) in [6.45, 7) is 3.94. The molecule has 41 heavy (non-hydrogen) atoms. The maximum Gasteiger partial charge on any atom is 0.320 e. The number of hydrogen-bond donors (Lipinski definition) is 1. The second-order valence-corrected chi connectivity index (χ2v) is 11.1. The first kappa shape index (κ1) is 30.5. The molecule has 216 valence electrons. The summed E-state index contributed by atoms with van der Waals surface area (Å²) >= 11 is 0. The molecule has 2 atom stereocenters. The highest BCUT2D eigenvalue weighted by Gasteiger charge is 2.38. The number of carboxylic acid groups (broad SMARTS) is 1. The fraction of sp³-hybridized carbons (Fsp3) is 0.371. The SMILES string of the molecule is CCC1CCN(CCCCCc2cn(C(c3ccccc3)(c3ccccc3)c3ccccc3)cn2)C(C(=O)O)C1.Cl. The van der Waals surface area contributed by atoms with Crippen LogP contribution < -0.4 is 0 Å². The van der Waals surface area contributed by atoms with Crippen molar-refractivity contribution in [2.75, 3.05) is 13.1 Å². The van der Waals surface area contributed by atoms with Crippen molar-refractivity contribution in [1.29, 1.82) is 0 Å². The number of benzene rings is 3. The van der Waals surface area contributed by atoms with Gasteiger partial charge in [-0.15, -0.1) is 12.4 Å². The molecular formula is C35H42ClN3O2. The summed E-state index contributed by atoms with van der Waals surface area (Å²) in [7, 11) is 0. The normalized spacial score (nSPS) is 17.6. The molecule has 3 aromatic carbocycles. The summed E-state index contributed by atoms with van der Waals surface area (Å²) in [6.07, 6.45) is 11.2. The Morgan fingerprint density at radius 2 is 1.44 bits per heavy atom. The maximum absolute atomic E-state index is 11.8. The molecule has 1 fully saturated rings. The Bertz CT molecular complexity index is 1250. The first-order valence-corrected chi connectivity index (χ1v) is 14.8. The molecule has 0 saturated carbocycles. The van der Waals surface area contributed by atoms with Crippen LogP contribution in [-0.2, 0) is 16.8 Å². The minimum absolute atomic E-state index is 0. The molecule has 0 radical (unpaired) electrons.